The van der Waals surface area contributed by atoms with Crippen LogP contribution in [0.1, 0.15) is 69.4 Å². The van der Waals surface area contributed by atoms with Crippen LogP contribution in [0.4, 0.5) is 5.82 Å². The zero-order chi connectivity index (χ0) is 18.2. The van der Waals surface area contributed by atoms with E-state index in [0.29, 0.717) is 17.7 Å². The van der Waals surface area contributed by atoms with E-state index in [1.807, 2.05) is 0 Å². The van der Waals surface area contributed by atoms with Crippen molar-refractivity contribution in [3.05, 3.63) is 18.1 Å². The molecule has 0 bridgehead atoms. The zero-order valence-electron chi connectivity index (χ0n) is 16.4. The predicted octanol–water partition coefficient (Wildman–Crippen LogP) is 3.61. The van der Waals surface area contributed by atoms with Crippen molar-refractivity contribution < 1.29 is 4.79 Å². The fraction of sp³-hybridized carbons (Fsp3) is 0.773. The van der Waals surface area contributed by atoms with Gasteiger partial charge in [-0.15, -0.1) is 0 Å². The summed E-state index contributed by atoms with van der Waals surface area (Å²) < 4.78 is 0. The van der Waals surface area contributed by atoms with Gasteiger partial charge in [0.1, 0.15) is 12.1 Å². The summed E-state index contributed by atoms with van der Waals surface area (Å²) in [5.41, 5.74) is 1.23. The number of rotatable bonds is 4. The maximum Gasteiger partial charge on any atom is 0.222 e. The normalized spacial score (nSPS) is 29.0. The first-order valence-electron chi connectivity index (χ1n) is 11.1. The maximum atomic E-state index is 12.7. The molecule has 2 unspecified atom stereocenters. The molecule has 5 nitrogen and oxygen atoms in total. The van der Waals surface area contributed by atoms with Crippen LogP contribution in [0.5, 0.6) is 0 Å². The average molecular weight is 369 g/mol. The molecule has 5 rings (SSSR count). The molecule has 3 heterocycles. The van der Waals surface area contributed by atoms with Gasteiger partial charge in [0.25, 0.3) is 0 Å². The Morgan fingerprint density at radius 2 is 1.67 bits per heavy atom. The standard InChI is InChI=1S/C22H32N4O/c27-22(26-13-18-5-2-6-19(18)14-26)11-16-7-9-25(10-8-16)21-12-20(23-15-24-21)17-3-1-4-17/h12,15-19H,1-11,13-14H2. The summed E-state index contributed by atoms with van der Waals surface area (Å²) in [6, 6.07) is 2.21. The van der Waals surface area contributed by atoms with E-state index in [-0.39, 0.29) is 0 Å². The van der Waals surface area contributed by atoms with Crippen molar-refractivity contribution in [2.24, 2.45) is 17.8 Å². The summed E-state index contributed by atoms with van der Waals surface area (Å²) >= 11 is 0. The minimum atomic E-state index is 0.414. The number of anilines is 1. The summed E-state index contributed by atoms with van der Waals surface area (Å²) in [6.07, 6.45) is 12.7. The maximum absolute atomic E-state index is 12.7. The molecule has 0 spiro atoms. The number of nitrogens with zero attached hydrogens (tertiary/aromatic N) is 4. The molecule has 0 radical (unpaired) electrons. The molecule has 2 saturated heterocycles. The Labute approximate surface area is 162 Å². The molecule has 4 fully saturated rings. The fourth-order valence-electron chi connectivity index (χ4n) is 5.64. The van der Waals surface area contributed by atoms with Crippen molar-refractivity contribution >= 4 is 11.7 Å². The van der Waals surface area contributed by atoms with E-state index in [4.69, 9.17) is 0 Å². The van der Waals surface area contributed by atoms with Crippen LogP contribution in [0, 0.1) is 17.8 Å². The summed E-state index contributed by atoms with van der Waals surface area (Å²) in [5, 5.41) is 0. The van der Waals surface area contributed by atoms with Crippen molar-refractivity contribution in [3.63, 3.8) is 0 Å². The van der Waals surface area contributed by atoms with E-state index in [1.54, 1.807) is 6.33 Å². The number of hydrogen-bond donors (Lipinski definition) is 0. The third-order valence-corrected chi connectivity index (χ3v) is 7.68. The minimum Gasteiger partial charge on any atom is -0.356 e. The van der Waals surface area contributed by atoms with E-state index in [0.717, 1.165) is 63.1 Å². The van der Waals surface area contributed by atoms with Crippen LogP contribution in [0.25, 0.3) is 0 Å². The highest BCUT2D eigenvalue weighted by Crippen LogP contribution is 2.39. The molecule has 1 amide bonds. The van der Waals surface area contributed by atoms with E-state index < -0.39 is 0 Å². The number of piperidine rings is 1. The topological polar surface area (TPSA) is 49.3 Å². The Hall–Kier alpha value is -1.65. The molecule has 4 aliphatic rings. The average Bonchev–Trinajstić information content (AvgIpc) is 3.23. The SMILES string of the molecule is O=C(CC1CCN(c2cc(C3CCC3)ncn2)CC1)N1CC2CCCC2C1. The Morgan fingerprint density at radius 1 is 0.963 bits per heavy atom. The Kier molecular flexibility index (Phi) is 4.78. The second-order valence-corrected chi connectivity index (χ2v) is 9.31. The number of carbonyl (C=O) groups is 1. The highest BCUT2D eigenvalue weighted by Gasteiger charge is 2.38. The largest absolute Gasteiger partial charge is 0.356 e. The van der Waals surface area contributed by atoms with Crippen molar-refractivity contribution in [2.45, 2.75) is 63.7 Å². The quantitative estimate of drug-likeness (QED) is 0.815. The smallest absolute Gasteiger partial charge is 0.222 e. The van der Waals surface area contributed by atoms with Crippen LogP contribution >= 0.6 is 0 Å². The van der Waals surface area contributed by atoms with Crippen molar-refractivity contribution in [1.29, 1.82) is 0 Å². The van der Waals surface area contributed by atoms with Gasteiger partial charge in [0, 0.05) is 50.3 Å². The molecule has 2 aliphatic heterocycles. The van der Waals surface area contributed by atoms with Gasteiger partial charge in [0.2, 0.25) is 5.91 Å². The molecule has 1 aromatic rings. The summed E-state index contributed by atoms with van der Waals surface area (Å²) in [4.78, 5) is 26.3. The van der Waals surface area contributed by atoms with Gasteiger partial charge in [-0.25, -0.2) is 9.97 Å². The lowest BCUT2D eigenvalue weighted by molar-refractivity contribution is -0.131. The van der Waals surface area contributed by atoms with E-state index >= 15 is 0 Å². The molecular formula is C22H32N4O. The van der Waals surface area contributed by atoms with Crippen LogP contribution < -0.4 is 4.90 Å². The molecule has 2 atom stereocenters. The molecule has 27 heavy (non-hydrogen) atoms. The molecule has 146 valence electrons. The lowest BCUT2D eigenvalue weighted by atomic mass is 9.83. The van der Waals surface area contributed by atoms with Crippen LogP contribution in [-0.4, -0.2) is 47.0 Å². The number of likely N-dealkylation sites (tertiary alicyclic amines) is 1. The van der Waals surface area contributed by atoms with Crippen LogP contribution in [0.2, 0.25) is 0 Å². The number of fused-ring (bicyclic) bond motifs is 1. The van der Waals surface area contributed by atoms with Crippen LogP contribution in [0.15, 0.2) is 12.4 Å². The number of hydrogen-bond acceptors (Lipinski definition) is 4. The molecule has 5 heteroatoms. The monoisotopic (exact) mass is 368 g/mol. The molecular weight excluding hydrogens is 336 g/mol. The number of carbonyl (C=O) groups excluding carboxylic acids is 1. The van der Waals surface area contributed by atoms with Crippen LogP contribution in [0.3, 0.4) is 0 Å². The molecule has 1 aromatic heterocycles. The molecule has 0 aromatic carbocycles. The first-order chi connectivity index (χ1) is 13.3. The van der Waals surface area contributed by atoms with Gasteiger partial charge in [-0.05, 0) is 56.3 Å². The Balaban J connectivity index is 1.12. The van der Waals surface area contributed by atoms with Crippen molar-refractivity contribution in [3.8, 4) is 0 Å². The van der Waals surface area contributed by atoms with Crippen molar-refractivity contribution in [1.82, 2.24) is 14.9 Å². The van der Waals surface area contributed by atoms with E-state index in [9.17, 15) is 4.79 Å². The lowest BCUT2D eigenvalue weighted by Crippen LogP contribution is -2.37. The highest BCUT2D eigenvalue weighted by atomic mass is 16.2. The summed E-state index contributed by atoms with van der Waals surface area (Å²) in [7, 11) is 0. The van der Waals surface area contributed by atoms with E-state index in [1.165, 1.54) is 44.2 Å². The second-order valence-electron chi connectivity index (χ2n) is 9.31. The first kappa shape index (κ1) is 17.4. The minimum absolute atomic E-state index is 0.414. The zero-order valence-corrected chi connectivity index (χ0v) is 16.4. The van der Waals surface area contributed by atoms with Gasteiger partial charge in [-0.2, -0.15) is 0 Å². The van der Waals surface area contributed by atoms with Gasteiger partial charge in [0.15, 0.2) is 0 Å². The van der Waals surface area contributed by atoms with Gasteiger partial charge < -0.3 is 9.80 Å². The van der Waals surface area contributed by atoms with Gasteiger partial charge >= 0.3 is 0 Å². The molecule has 0 N–H and O–H groups in total. The van der Waals surface area contributed by atoms with Gasteiger partial charge in [-0.1, -0.05) is 12.8 Å². The van der Waals surface area contributed by atoms with Crippen molar-refractivity contribution in [2.75, 3.05) is 31.1 Å². The van der Waals surface area contributed by atoms with E-state index in [2.05, 4.69) is 25.8 Å². The Bertz CT molecular complexity index is 669. The molecule has 2 aliphatic carbocycles. The third kappa shape index (κ3) is 3.57. The summed E-state index contributed by atoms with van der Waals surface area (Å²) in [6.45, 7) is 4.11. The highest BCUT2D eigenvalue weighted by molar-refractivity contribution is 5.76. The number of amides is 1. The lowest BCUT2D eigenvalue weighted by Gasteiger charge is -2.34. The molecule has 2 saturated carbocycles. The van der Waals surface area contributed by atoms with Crippen LogP contribution in [-0.2, 0) is 4.79 Å². The van der Waals surface area contributed by atoms with Gasteiger partial charge in [0.05, 0.1) is 0 Å². The third-order valence-electron chi connectivity index (χ3n) is 7.68. The fourth-order valence-corrected chi connectivity index (χ4v) is 5.64. The second kappa shape index (κ2) is 7.40. The van der Waals surface area contributed by atoms with Gasteiger partial charge in [-0.3, -0.25) is 4.79 Å². The first-order valence-corrected chi connectivity index (χ1v) is 11.1. The summed E-state index contributed by atoms with van der Waals surface area (Å²) in [5.74, 6) is 4.31. The Morgan fingerprint density at radius 3 is 2.33 bits per heavy atom. The number of aromatic nitrogens is 2. The predicted molar refractivity (Wildman–Crippen MR) is 106 cm³/mol.